The molecule has 4 rings (SSSR count). The Morgan fingerprint density at radius 2 is 2.19 bits per heavy atom. The fourth-order valence-corrected chi connectivity index (χ4v) is 4.26. The number of furan rings is 1. The van der Waals surface area contributed by atoms with E-state index in [0.717, 1.165) is 5.56 Å². The van der Waals surface area contributed by atoms with Crippen molar-refractivity contribution in [1.29, 1.82) is 5.26 Å². The molecular weight excluding hydrogens is 462 g/mol. The van der Waals surface area contributed by atoms with Crippen LogP contribution >= 0.6 is 0 Å². The predicted octanol–water partition coefficient (Wildman–Crippen LogP) is 2.60. The zero-order chi connectivity index (χ0) is 25.7. The summed E-state index contributed by atoms with van der Waals surface area (Å²) < 4.78 is 11.8. The van der Waals surface area contributed by atoms with Crippen molar-refractivity contribution in [3.8, 4) is 6.07 Å². The first-order chi connectivity index (χ1) is 17.4. The molecule has 36 heavy (non-hydrogen) atoms. The SMILES string of the molecule is CCOC(=O)C1CCCN(c2nc3c(C)cccn3c(=O)c2C=C(C#N)C(=O)NCc2ccco2)C1. The molecule has 10 nitrogen and oxygen atoms in total. The summed E-state index contributed by atoms with van der Waals surface area (Å²) in [6.45, 7) is 4.88. The van der Waals surface area contributed by atoms with Gasteiger partial charge in [0.05, 0.1) is 30.9 Å². The number of piperidine rings is 1. The Labute approximate surface area is 207 Å². The Morgan fingerprint density at radius 3 is 2.92 bits per heavy atom. The summed E-state index contributed by atoms with van der Waals surface area (Å²) in [5.74, 6) is -0.434. The highest BCUT2D eigenvalue weighted by Crippen LogP contribution is 2.26. The number of nitrogens with one attached hydrogen (secondary N) is 1. The third-order valence-corrected chi connectivity index (χ3v) is 6.06. The molecule has 3 aromatic heterocycles. The van der Waals surface area contributed by atoms with E-state index in [1.54, 1.807) is 31.3 Å². The number of carbonyl (C=O) groups excluding carboxylic acids is 2. The van der Waals surface area contributed by atoms with Gasteiger partial charge in [0.25, 0.3) is 11.5 Å². The van der Waals surface area contributed by atoms with Crippen LogP contribution in [0.25, 0.3) is 11.7 Å². The zero-order valence-electron chi connectivity index (χ0n) is 20.2. The van der Waals surface area contributed by atoms with Crippen LogP contribution in [-0.2, 0) is 20.9 Å². The van der Waals surface area contributed by atoms with Crippen LogP contribution in [-0.4, -0.2) is 41.0 Å². The van der Waals surface area contributed by atoms with Crippen molar-refractivity contribution >= 4 is 29.4 Å². The maximum absolute atomic E-state index is 13.6. The third kappa shape index (κ3) is 5.15. The molecule has 10 heteroatoms. The van der Waals surface area contributed by atoms with Crippen LogP contribution in [0.4, 0.5) is 5.82 Å². The fourth-order valence-electron chi connectivity index (χ4n) is 4.26. The largest absolute Gasteiger partial charge is 0.467 e. The summed E-state index contributed by atoms with van der Waals surface area (Å²) in [4.78, 5) is 45.4. The van der Waals surface area contributed by atoms with Crippen LogP contribution in [0.3, 0.4) is 0 Å². The molecule has 1 aliphatic heterocycles. The van der Waals surface area contributed by atoms with E-state index in [1.807, 2.05) is 24.0 Å². The third-order valence-electron chi connectivity index (χ3n) is 6.06. The Bertz CT molecular complexity index is 1400. The van der Waals surface area contributed by atoms with Crippen LogP contribution < -0.4 is 15.8 Å². The number of esters is 1. The van der Waals surface area contributed by atoms with Crippen molar-refractivity contribution in [3.63, 3.8) is 0 Å². The molecule has 186 valence electrons. The van der Waals surface area contributed by atoms with Gasteiger partial charge in [-0.15, -0.1) is 0 Å². The van der Waals surface area contributed by atoms with Gasteiger partial charge in [0, 0.05) is 19.3 Å². The van der Waals surface area contributed by atoms with Crippen molar-refractivity contribution in [2.24, 2.45) is 5.92 Å². The molecule has 4 heterocycles. The molecule has 0 aromatic carbocycles. The lowest BCUT2D eigenvalue weighted by molar-refractivity contribution is -0.148. The number of pyridine rings is 1. The standard InChI is InChI=1S/C26H27N5O5/c1-3-35-26(34)18-8-5-10-30(16-18)23-21(25(33)31-11-4-7-17(2)22(31)29-23)13-19(14-27)24(32)28-15-20-9-6-12-36-20/h4,6-7,9,11-13,18H,3,5,8,10,15-16H2,1-2H3,(H,28,32). The smallest absolute Gasteiger partial charge is 0.310 e. The van der Waals surface area contributed by atoms with Crippen molar-refractivity contribution < 1.29 is 18.7 Å². The number of carbonyl (C=O) groups is 2. The second kappa shape index (κ2) is 10.9. The molecule has 3 aromatic rings. The lowest BCUT2D eigenvalue weighted by atomic mass is 9.97. The van der Waals surface area contributed by atoms with Gasteiger partial charge < -0.3 is 19.4 Å². The maximum Gasteiger partial charge on any atom is 0.310 e. The monoisotopic (exact) mass is 489 g/mol. The molecule has 0 spiro atoms. The van der Waals surface area contributed by atoms with E-state index >= 15 is 0 Å². The summed E-state index contributed by atoms with van der Waals surface area (Å²) in [5, 5.41) is 12.4. The Hall–Kier alpha value is -4.39. The number of nitrogens with zero attached hydrogens (tertiary/aromatic N) is 4. The molecule has 0 bridgehead atoms. The number of rotatable bonds is 7. The van der Waals surface area contributed by atoms with E-state index < -0.39 is 11.5 Å². The zero-order valence-corrected chi connectivity index (χ0v) is 20.2. The first kappa shape index (κ1) is 24.7. The molecule has 1 unspecified atom stereocenters. The Morgan fingerprint density at radius 1 is 1.36 bits per heavy atom. The highest BCUT2D eigenvalue weighted by atomic mass is 16.5. The second-order valence-electron chi connectivity index (χ2n) is 8.51. The van der Waals surface area contributed by atoms with E-state index in [2.05, 4.69) is 5.32 Å². The van der Waals surface area contributed by atoms with Crippen molar-refractivity contribution in [1.82, 2.24) is 14.7 Å². The van der Waals surface area contributed by atoms with Gasteiger partial charge in [-0.1, -0.05) is 6.07 Å². The van der Waals surface area contributed by atoms with Crippen molar-refractivity contribution in [2.45, 2.75) is 33.2 Å². The Kier molecular flexibility index (Phi) is 7.49. The quantitative estimate of drug-likeness (QED) is 0.305. The molecule has 0 saturated carbocycles. The summed E-state index contributed by atoms with van der Waals surface area (Å²) in [6.07, 6.45) is 5.73. The van der Waals surface area contributed by atoms with Gasteiger partial charge in [-0.3, -0.25) is 18.8 Å². The number of ether oxygens (including phenoxy) is 1. The van der Waals surface area contributed by atoms with E-state index in [-0.39, 0.29) is 36.2 Å². The van der Waals surface area contributed by atoms with Gasteiger partial charge in [0.1, 0.15) is 28.9 Å². The van der Waals surface area contributed by atoms with Crippen LogP contribution in [0.2, 0.25) is 0 Å². The maximum atomic E-state index is 13.6. The lowest BCUT2D eigenvalue weighted by Gasteiger charge is -2.33. The van der Waals surface area contributed by atoms with Gasteiger partial charge in [-0.05, 0) is 56.5 Å². The first-order valence-electron chi connectivity index (χ1n) is 11.8. The predicted molar refractivity (Wildman–Crippen MR) is 132 cm³/mol. The van der Waals surface area contributed by atoms with Gasteiger partial charge >= 0.3 is 5.97 Å². The van der Waals surface area contributed by atoms with Crippen LogP contribution in [0.15, 0.2) is 51.5 Å². The highest BCUT2D eigenvalue weighted by Gasteiger charge is 2.30. The first-order valence-corrected chi connectivity index (χ1v) is 11.8. The van der Waals surface area contributed by atoms with Crippen molar-refractivity contribution in [2.75, 3.05) is 24.6 Å². The van der Waals surface area contributed by atoms with Gasteiger partial charge in [-0.2, -0.15) is 5.26 Å². The summed E-state index contributed by atoms with van der Waals surface area (Å²) in [7, 11) is 0. The van der Waals surface area contributed by atoms with Gasteiger partial charge in [0.2, 0.25) is 0 Å². The molecule has 1 amide bonds. The number of anilines is 1. The molecule has 1 fully saturated rings. The van der Waals surface area contributed by atoms with Crippen LogP contribution in [0.5, 0.6) is 0 Å². The highest BCUT2D eigenvalue weighted by molar-refractivity contribution is 6.02. The number of hydrogen-bond acceptors (Lipinski definition) is 8. The minimum Gasteiger partial charge on any atom is -0.467 e. The molecule has 1 N–H and O–H groups in total. The fraction of sp³-hybridized carbons (Fsp3) is 0.346. The van der Waals surface area contributed by atoms with E-state index in [4.69, 9.17) is 14.1 Å². The number of aryl methyl sites for hydroxylation is 1. The van der Waals surface area contributed by atoms with E-state index in [0.29, 0.717) is 43.2 Å². The van der Waals surface area contributed by atoms with Crippen LogP contribution in [0.1, 0.15) is 36.7 Å². The van der Waals surface area contributed by atoms with Gasteiger partial charge in [-0.25, -0.2) is 4.98 Å². The summed E-state index contributed by atoms with van der Waals surface area (Å²) in [5.41, 5.74) is 0.708. The van der Waals surface area contributed by atoms with Crippen LogP contribution in [0, 0.1) is 24.2 Å². The second-order valence-corrected chi connectivity index (χ2v) is 8.51. The summed E-state index contributed by atoms with van der Waals surface area (Å²) >= 11 is 0. The minimum absolute atomic E-state index is 0.0964. The average Bonchev–Trinajstić information content (AvgIpc) is 3.41. The van der Waals surface area contributed by atoms with E-state index in [9.17, 15) is 19.6 Å². The molecule has 0 radical (unpaired) electrons. The number of nitriles is 1. The van der Waals surface area contributed by atoms with E-state index in [1.165, 1.54) is 16.7 Å². The molecule has 0 aliphatic carbocycles. The number of hydrogen-bond donors (Lipinski definition) is 1. The summed E-state index contributed by atoms with van der Waals surface area (Å²) in [6, 6.07) is 8.87. The molecule has 1 aliphatic rings. The number of aromatic nitrogens is 2. The van der Waals surface area contributed by atoms with Crippen molar-refractivity contribution in [3.05, 3.63) is 69.5 Å². The number of fused-ring (bicyclic) bond motifs is 1. The number of amides is 1. The molecular formula is C26H27N5O5. The average molecular weight is 490 g/mol. The minimum atomic E-state index is -0.642. The van der Waals surface area contributed by atoms with Gasteiger partial charge in [0.15, 0.2) is 0 Å². The molecule has 1 saturated heterocycles. The molecule has 1 atom stereocenters. The normalized spacial score (nSPS) is 16.0. The lowest BCUT2D eigenvalue weighted by Crippen LogP contribution is -2.41. The Balaban J connectivity index is 1.76. The topological polar surface area (TPSA) is 130 Å².